The predicted molar refractivity (Wildman–Crippen MR) is 104 cm³/mol. The molecule has 0 fully saturated rings. The van der Waals surface area contributed by atoms with E-state index < -0.39 is 6.04 Å². The van der Waals surface area contributed by atoms with Crippen molar-refractivity contribution >= 4 is 17.5 Å². The van der Waals surface area contributed by atoms with E-state index in [1.54, 1.807) is 79.7 Å². The van der Waals surface area contributed by atoms with Gasteiger partial charge < -0.3 is 15.0 Å². The number of anilines is 1. The summed E-state index contributed by atoms with van der Waals surface area (Å²) < 4.78 is 7.21. The highest BCUT2D eigenvalue weighted by molar-refractivity contribution is 5.95. The van der Waals surface area contributed by atoms with Crippen molar-refractivity contribution in [1.82, 2.24) is 19.7 Å². The Morgan fingerprint density at radius 1 is 1.18 bits per heavy atom. The topological polar surface area (TPSA) is 89.4 Å². The van der Waals surface area contributed by atoms with E-state index in [2.05, 4.69) is 15.4 Å². The molecule has 3 aromatic rings. The van der Waals surface area contributed by atoms with Gasteiger partial charge in [0.15, 0.2) is 0 Å². The van der Waals surface area contributed by atoms with Gasteiger partial charge in [-0.2, -0.15) is 5.10 Å². The number of amides is 2. The van der Waals surface area contributed by atoms with Crippen LogP contribution >= 0.6 is 0 Å². The maximum absolute atomic E-state index is 12.4. The smallest absolute Gasteiger partial charge is 0.247 e. The number of hydrogen-bond acceptors (Lipinski definition) is 5. The van der Waals surface area contributed by atoms with Crippen LogP contribution in [0.2, 0.25) is 0 Å². The van der Waals surface area contributed by atoms with Crippen molar-refractivity contribution in [1.29, 1.82) is 0 Å². The van der Waals surface area contributed by atoms with Gasteiger partial charge in [0.25, 0.3) is 0 Å². The molecule has 0 radical (unpaired) electrons. The minimum absolute atomic E-state index is 0.0736. The van der Waals surface area contributed by atoms with Crippen molar-refractivity contribution < 1.29 is 14.3 Å². The molecule has 0 aliphatic carbocycles. The zero-order valence-electron chi connectivity index (χ0n) is 15.6. The Morgan fingerprint density at radius 3 is 2.75 bits per heavy atom. The van der Waals surface area contributed by atoms with E-state index in [1.807, 2.05) is 6.07 Å². The second kappa shape index (κ2) is 8.81. The Balaban J connectivity index is 1.57. The Labute approximate surface area is 162 Å². The molecule has 2 heterocycles. The third-order valence-corrected chi connectivity index (χ3v) is 4.01. The average Bonchev–Trinajstić information content (AvgIpc) is 3.22. The summed E-state index contributed by atoms with van der Waals surface area (Å²) in [5, 5.41) is 6.83. The molecule has 1 aromatic carbocycles. The fraction of sp³-hybridized carbons (Fsp3) is 0.200. The zero-order valence-corrected chi connectivity index (χ0v) is 15.6. The molecule has 1 atom stereocenters. The van der Waals surface area contributed by atoms with Crippen LogP contribution < -0.4 is 10.1 Å². The number of nitrogens with one attached hydrogen (secondary N) is 1. The monoisotopic (exact) mass is 379 g/mol. The summed E-state index contributed by atoms with van der Waals surface area (Å²) in [6.45, 7) is 1.66. The number of carbonyl (C=O) groups excluding carboxylic acids is 2. The van der Waals surface area contributed by atoms with Crippen molar-refractivity contribution in [2.45, 2.75) is 13.0 Å². The lowest BCUT2D eigenvalue weighted by Crippen LogP contribution is -2.38. The van der Waals surface area contributed by atoms with Crippen LogP contribution in [-0.2, 0) is 9.59 Å². The van der Waals surface area contributed by atoms with E-state index in [1.165, 1.54) is 4.90 Å². The summed E-state index contributed by atoms with van der Waals surface area (Å²) in [6, 6.07) is 13.6. The number of carbonyl (C=O) groups is 2. The molecule has 8 heteroatoms. The molecule has 28 heavy (non-hydrogen) atoms. The first-order valence-corrected chi connectivity index (χ1v) is 8.76. The first-order valence-electron chi connectivity index (χ1n) is 8.76. The summed E-state index contributed by atoms with van der Waals surface area (Å²) in [5.41, 5.74) is 0.569. The fourth-order valence-corrected chi connectivity index (χ4v) is 2.60. The SMILES string of the molecule is C[C@@H](C(=O)N(C)CC(=O)Nc1cccc(Oc2ccccn2)c1)n1cccn1. The zero-order chi connectivity index (χ0) is 19.9. The quantitative estimate of drug-likeness (QED) is 0.682. The number of aromatic nitrogens is 3. The molecule has 0 bridgehead atoms. The van der Waals surface area contributed by atoms with Gasteiger partial charge in [-0.25, -0.2) is 4.98 Å². The molecular weight excluding hydrogens is 358 g/mol. The van der Waals surface area contributed by atoms with E-state index in [-0.39, 0.29) is 18.4 Å². The van der Waals surface area contributed by atoms with Crippen LogP contribution in [0.15, 0.2) is 67.1 Å². The van der Waals surface area contributed by atoms with Crippen LogP contribution in [0.4, 0.5) is 5.69 Å². The molecule has 0 spiro atoms. The summed E-state index contributed by atoms with van der Waals surface area (Å²) in [7, 11) is 1.59. The minimum Gasteiger partial charge on any atom is -0.439 e. The molecule has 0 aliphatic rings. The number of rotatable bonds is 7. The third kappa shape index (κ3) is 4.94. The molecule has 1 N–H and O–H groups in total. The molecule has 8 nitrogen and oxygen atoms in total. The predicted octanol–water partition coefficient (Wildman–Crippen LogP) is 2.73. The Morgan fingerprint density at radius 2 is 2.04 bits per heavy atom. The summed E-state index contributed by atoms with van der Waals surface area (Å²) >= 11 is 0. The second-order valence-corrected chi connectivity index (χ2v) is 6.20. The van der Waals surface area contributed by atoms with Crippen molar-refractivity contribution in [3.8, 4) is 11.6 Å². The fourth-order valence-electron chi connectivity index (χ4n) is 2.60. The van der Waals surface area contributed by atoms with E-state index in [0.717, 1.165) is 0 Å². The number of pyridine rings is 1. The highest BCUT2D eigenvalue weighted by atomic mass is 16.5. The van der Waals surface area contributed by atoms with Crippen LogP contribution in [-0.4, -0.2) is 45.1 Å². The highest BCUT2D eigenvalue weighted by Crippen LogP contribution is 2.22. The Kier molecular flexibility index (Phi) is 6.01. The van der Waals surface area contributed by atoms with Gasteiger partial charge in [-0.15, -0.1) is 0 Å². The average molecular weight is 379 g/mol. The number of ether oxygens (including phenoxy) is 1. The Bertz CT molecular complexity index is 928. The Hall–Kier alpha value is -3.68. The van der Waals surface area contributed by atoms with Gasteiger partial charge in [0.1, 0.15) is 11.8 Å². The number of nitrogens with zero attached hydrogens (tertiary/aromatic N) is 4. The number of benzene rings is 1. The first kappa shape index (κ1) is 19.1. The van der Waals surface area contributed by atoms with Crippen molar-refractivity contribution in [3.63, 3.8) is 0 Å². The van der Waals surface area contributed by atoms with Gasteiger partial charge in [0.05, 0.1) is 6.54 Å². The molecule has 0 saturated carbocycles. The molecule has 0 saturated heterocycles. The van der Waals surface area contributed by atoms with Gasteiger partial charge in [-0.3, -0.25) is 14.3 Å². The molecule has 2 amide bonds. The largest absolute Gasteiger partial charge is 0.439 e. The molecule has 0 aliphatic heterocycles. The first-order chi connectivity index (χ1) is 13.5. The van der Waals surface area contributed by atoms with Gasteiger partial charge in [0, 0.05) is 43.5 Å². The van der Waals surface area contributed by atoms with Gasteiger partial charge >= 0.3 is 0 Å². The highest BCUT2D eigenvalue weighted by Gasteiger charge is 2.21. The summed E-state index contributed by atoms with van der Waals surface area (Å²) in [5.74, 6) is 0.502. The molecule has 2 aromatic heterocycles. The van der Waals surface area contributed by atoms with E-state index in [4.69, 9.17) is 4.74 Å². The molecular formula is C20H21N5O3. The van der Waals surface area contributed by atoms with Crippen molar-refractivity contribution in [3.05, 3.63) is 67.1 Å². The lowest BCUT2D eigenvalue weighted by molar-refractivity contribution is -0.136. The maximum atomic E-state index is 12.4. The standard InChI is InChI=1S/C20H21N5O3/c1-15(25-12-6-11-22-25)20(27)24(2)14-18(26)23-16-7-5-8-17(13-16)28-19-9-3-4-10-21-19/h3-13,15H,14H2,1-2H3,(H,23,26)/t15-/m0/s1. The van der Waals surface area contributed by atoms with Gasteiger partial charge in [-0.05, 0) is 31.2 Å². The van der Waals surface area contributed by atoms with Crippen LogP contribution in [0.5, 0.6) is 11.6 Å². The van der Waals surface area contributed by atoms with Gasteiger partial charge in [-0.1, -0.05) is 12.1 Å². The molecule has 0 unspecified atom stereocenters. The minimum atomic E-state index is -0.483. The van der Waals surface area contributed by atoms with Crippen LogP contribution in [0.1, 0.15) is 13.0 Å². The maximum Gasteiger partial charge on any atom is 0.247 e. The van der Waals surface area contributed by atoms with Crippen LogP contribution in [0.25, 0.3) is 0 Å². The lowest BCUT2D eigenvalue weighted by atomic mass is 10.3. The number of likely N-dealkylation sites (N-methyl/N-ethyl adjacent to an activating group) is 1. The van der Waals surface area contributed by atoms with Crippen molar-refractivity contribution in [2.24, 2.45) is 0 Å². The lowest BCUT2D eigenvalue weighted by Gasteiger charge is -2.21. The van der Waals surface area contributed by atoms with Crippen LogP contribution in [0.3, 0.4) is 0 Å². The summed E-state index contributed by atoms with van der Waals surface area (Å²) in [4.78, 5) is 30.2. The summed E-state index contributed by atoms with van der Waals surface area (Å²) in [6.07, 6.45) is 4.96. The van der Waals surface area contributed by atoms with E-state index >= 15 is 0 Å². The van der Waals surface area contributed by atoms with Crippen LogP contribution in [0, 0.1) is 0 Å². The van der Waals surface area contributed by atoms with E-state index in [0.29, 0.717) is 17.3 Å². The number of hydrogen-bond donors (Lipinski definition) is 1. The van der Waals surface area contributed by atoms with E-state index in [9.17, 15) is 9.59 Å². The molecule has 144 valence electrons. The van der Waals surface area contributed by atoms with Crippen molar-refractivity contribution in [2.75, 3.05) is 18.9 Å². The molecule has 3 rings (SSSR count). The normalized spacial score (nSPS) is 11.5. The second-order valence-electron chi connectivity index (χ2n) is 6.20. The van der Waals surface area contributed by atoms with Gasteiger partial charge in [0.2, 0.25) is 17.7 Å². The third-order valence-electron chi connectivity index (χ3n) is 4.01.